The van der Waals surface area contributed by atoms with Gasteiger partial charge in [0.15, 0.2) is 0 Å². The van der Waals surface area contributed by atoms with E-state index in [1.54, 1.807) is 0 Å². The van der Waals surface area contributed by atoms with Crippen LogP contribution in [-0.4, -0.2) is 0 Å². The monoisotopic (exact) mass is 254 g/mol. The molecule has 0 nitrogen and oxygen atoms in total. The zero-order valence-corrected chi connectivity index (χ0v) is 14.2. The van der Waals surface area contributed by atoms with Crippen LogP contribution in [0.5, 0.6) is 0 Å². The van der Waals surface area contributed by atoms with E-state index in [1.165, 1.54) is 44.9 Å². The minimum atomic E-state index is 0.498. The maximum absolute atomic E-state index is 2.43. The first-order valence-corrected chi connectivity index (χ1v) is 8.31. The number of hydrogen-bond acceptors (Lipinski definition) is 0. The predicted octanol–water partition coefficient (Wildman–Crippen LogP) is 6.69. The fourth-order valence-electron chi connectivity index (χ4n) is 3.08. The second-order valence-corrected chi connectivity index (χ2v) is 7.67. The maximum Gasteiger partial charge on any atom is -0.0363 e. The molecule has 0 aromatic rings. The molecule has 0 saturated heterocycles. The van der Waals surface area contributed by atoms with E-state index in [0.29, 0.717) is 5.41 Å². The van der Waals surface area contributed by atoms with Crippen molar-refractivity contribution in [2.45, 2.75) is 93.4 Å². The summed E-state index contributed by atoms with van der Waals surface area (Å²) in [4.78, 5) is 0. The molecule has 110 valence electrons. The molecule has 0 fully saturated rings. The van der Waals surface area contributed by atoms with Crippen molar-refractivity contribution in [1.82, 2.24) is 0 Å². The third-order valence-corrected chi connectivity index (χ3v) is 4.39. The lowest BCUT2D eigenvalue weighted by Gasteiger charge is -2.32. The summed E-state index contributed by atoms with van der Waals surface area (Å²) in [6.07, 6.45) is 9.82. The highest BCUT2D eigenvalue weighted by atomic mass is 14.3. The second kappa shape index (κ2) is 8.99. The SMILES string of the molecule is CCCCCC(C(C)C)C(CC)CCC(C)(C)C. The quantitative estimate of drug-likeness (QED) is 0.402. The van der Waals surface area contributed by atoms with E-state index in [1.807, 2.05) is 0 Å². The van der Waals surface area contributed by atoms with Gasteiger partial charge in [0.25, 0.3) is 0 Å². The van der Waals surface area contributed by atoms with Gasteiger partial charge in [-0.15, -0.1) is 0 Å². The summed E-state index contributed by atoms with van der Waals surface area (Å²) >= 11 is 0. The minimum absolute atomic E-state index is 0.498. The first-order valence-electron chi connectivity index (χ1n) is 8.31. The minimum Gasteiger partial charge on any atom is -0.0654 e. The van der Waals surface area contributed by atoms with Crippen molar-refractivity contribution < 1.29 is 0 Å². The fourth-order valence-corrected chi connectivity index (χ4v) is 3.08. The van der Waals surface area contributed by atoms with Crippen LogP contribution in [0.15, 0.2) is 0 Å². The van der Waals surface area contributed by atoms with E-state index in [-0.39, 0.29) is 0 Å². The van der Waals surface area contributed by atoms with E-state index in [9.17, 15) is 0 Å². The summed E-state index contributed by atoms with van der Waals surface area (Å²) in [5.74, 6) is 2.75. The highest BCUT2D eigenvalue weighted by Crippen LogP contribution is 2.35. The van der Waals surface area contributed by atoms with E-state index in [4.69, 9.17) is 0 Å². The van der Waals surface area contributed by atoms with Gasteiger partial charge < -0.3 is 0 Å². The Hall–Kier alpha value is 0. The van der Waals surface area contributed by atoms with Gasteiger partial charge in [0, 0.05) is 0 Å². The normalized spacial score (nSPS) is 16.0. The van der Waals surface area contributed by atoms with Crippen LogP contribution in [0.1, 0.15) is 93.4 Å². The van der Waals surface area contributed by atoms with Gasteiger partial charge in [-0.3, -0.25) is 0 Å². The number of unbranched alkanes of at least 4 members (excludes halogenated alkanes) is 2. The van der Waals surface area contributed by atoms with Crippen LogP contribution < -0.4 is 0 Å². The van der Waals surface area contributed by atoms with E-state index >= 15 is 0 Å². The van der Waals surface area contributed by atoms with Crippen molar-refractivity contribution in [3.8, 4) is 0 Å². The van der Waals surface area contributed by atoms with Crippen molar-refractivity contribution in [3.63, 3.8) is 0 Å². The molecule has 0 aliphatic carbocycles. The summed E-state index contributed by atoms with van der Waals surface area (Å²) < 4.78 is 0. The average molecular weight is 255 g/mol. The number of hydrogen-bond donors (Lipinski definition) is 0. The molecule has 2 unspecified atom stereocenters. The number of rotatable bonds is 9. The molecule has 2 atom stereocenters. The summed E-state index contributed by atoms with van der Waals surface area (Å²) in [6, 6.07) is 0. The Bertz CT molecular complexity index is 185. The van der Waals surface area contributed by atoms with Gasteiger partial charge in [-0.05, 0) is 42.4 Å². The average Bonchev–Trinajstić information content (AvgIpc) is 2.25. The van der Waals surface area contributed by atoms with Crippen LogP contribution in [0.2, 0.25) is 0 Å². The highest BCUT2D eigenvalue weighted by molar-refractivity contribution is 4.75. The Labute approximate surface area is 117 Å². The van der Waals surface area contributed by atoms with E-state index in [2.05, 4.69) is 48.5 Å². The van der Waals surface area contributed by atoms with Crippen LogP contribution in [-0.2, 0) is 0 Å². The topological polar surface area (TPSA) is 0 Å². The zero-order valence-electron chi connectivity index (χ0n) is 14.2. The van der Waals surface area contributed by atoms with Crippen molar-refractivity contribution in [3.05, 3.63) is 0 Å². The molecule has 0 bridgehead atoms. The molecule has 0 aromatic heterocycles. The molecular weight excluding hydrogens is 216 g/mol. The summed E-state index contributed by atoms with van der Waals surface area (Å²) in [6.45, 7) is 16.7. The fraction of sp³-hybridized carbons (Fsp3) is 1.00. The van der Waals surface area contributed by atoms with Crippen molar-refractivity contribution in [1.29, 1.82) is 0 Å². The molecule has 18 heavy (non-hydrogen) atoms. The first kappa shape index (κ1) is 18.0. The molecule has 0 spiro atoms. The molecular formula is C18H38. The Morgan fingerprint density at radius 1 is 0.889 bits per heavy atom. The Balaban J connectivity index is 4.33. The second-order valence-electron chi connectivity index (χ2n) is 7.67. The van der Waals surface area contributed by atoms with Crippen LogP contribution >= 0.6 is 0 Å². The smallest absolute Gasteiger partial charge is 0.0363 e. The van der Waals surface area contributed by atoms with Gasteiger partial charge in [0.2, 0.25) is 0 Å². The molecule has 0 aliphatic heterocycles. The van der Waals surface area contributed by atoms with E-state index in [0.717, 1.165) is 17.8 Å². The summed E-state index contributed by atoms with van der Waals surface area (Å²) in [7, 11) is 0. The van der Waals surface area contributed by atoms with Gasteiger partial charge in [0.1, 0.15) is 0 Å². The molecule has 0 rings (SSSR count). The Morgan fingerprint density at radius 3 is 1.89 bits per heavy atom. The molecule has 0 heterocycles. The van der Waals surface area contributed by atoms with Crippen LogP contribution in [0.3, 0.4) is 0 Å². The molecule has 0 aromatic carbocycles. The standard InChI is InChI=1S/C18H38/c1-8-10-11-12-17(15(3)4)16(9-2)13-14-18(5,6)7/h15-17H,8-14H2,1-7H3. The molecule has 0 saturated carbocycles. The van der Waals surface area contributed by atoms with Gasteiger partial charge in [-0.2, -0.15) is 0 Å². The molecule has 0 heteroatoms. The van der Waals surface area contributed by atoms with E-state index < -0.39 is 0 Å². The lowest BCUT2D eigenvalue weighted by Crippen LogP contribution is -2.21. The van der Waals surface area contributed by atoms with Gasteiger partial charge in [-0.1, -0.05) is 74.1 Å². The lowest BCUT2D eigenvalue weighted by molar-refractivity contribution is 0.190. The van der Waals surface area contributed by atoms with Gasteiger partial charge in [-0.25, -0.2) is 0 Å². The third-order valence-electron chi connectivity index (χ3n) is 4.39. The summed E-state index contributed by atoms with van der Waals surface area (Å²) in [5.41, 5.74) is 0.498. The molecule has 0 radical (unpaired) electrons. The lowest BCUT2D eigenvalue weighted by atomic mass is 9.74. The van der Waals surface area contributed by atoms with Crippen LogP contribution in [0.4, 0.5) is 0 Å². The van der Waals surface area contributed by atoms with Gasteiger partial charge in [0.05, 0.1) is 0 Å². The van der Waals surface area contributed by atoms with Gasteiger partial charge >= 0.3 is 0 Å². The molecule has 0 aliphatic rings. The van der Waals surface area contributed by atoms with Crippen molar-refractivity contribution >= 4 is 0 Å². The zero-order chi connectivity index (χ0) is 14.2. The molecule has 0 amide bonds. The van der Waals surface area contributed by atoms with Crippen molar-refractivity contribution in [2.24, 2.45) is 23.2 Å². The Morgan fingerprint density at radius 2 is 1.50 bits per heavy atom. The summed E-state index contributed by atoms with van der Waals surface area (Å²) in [5, 5.41) is 0. The molecule has 0 N–H and O–H groups in total. The maximum atomic E-state index is 2.43. The Kier molecular flexibility index (Phi) is 8.99. The van der Waals surface area contributed by atoms with Crippen LogP contribution in [0.25, 0.3) is 0 Å². The highest BCUT2D eigenvalue weighted by Gasteiger charge is 2.24. The first-order chi connectivity index (χ1) is 8.31. The third kappa shape index (κ3) is 8.16. The predicted molar refractivity (Wildman–Crippen MR) is 84.9 cm³/mol. The van der Waals surface area contributed by atoms with Crippen molar-refractivity contribution in [2.75, 3.05) is 0 Å². The largest absolute Gasteiger partial charge is 0.0654 e. The van der Waals surface area contributed by atoms with Crippen LogP contribution in [0, 0.1) is 23.2 Å².